The van der Waals surface area contributed by atoms with Crippen LogP contribution in [0.25, 0.3) is 0 Å². The van der Waals surface area contributed by atoms with Crippen LogP contribution in [0.5, 0.6) is 5.75 Å². The number of hydrogen-bond donors (Lipinski definition) is 0. The van der Waals surface area contributed by atoms with E-state index in [0.717, 1.165) is 12.2 Å². The van der Waals surface area contributed by atoms with E-state index in [2.05, 4.69) is 53.7 Å². The van der Waals surface area contributed by atoms with Crippen LogP contribution in [-0.2, 0) is 5.41 Å². The lowest BCUT2D eigenvalue weighted by Gasteiger charge is -2.42. The number of fused-ring (bicyclic) bond motifs is 1. The first-order chi connectivity index (χ1) is 7.21. The average Bonchev–Trinajstić information content (AvgIpc) is 2.06. The minimum Gasteiger partial charge on any atom is -0.488 e. The SMILES string of the molecule is Cc1cc2c(cc1C)C(C)(C)CC(C)(C)O2. The first-order valence-corrected chi connectivity index (χ1v) is 6.02. The second kappa shape index (κ2) is 3.26. The number of ether oxygens (including phenoxy) is 1. The summed E-state index contributed by atoms with van der Waals surface area (Å²) in [5.74, 6) is 1.07. The molecule has 0 amide bonds. The second-order valence-corrected chi connectivity index (χ2v) is 6.36. The van der Waals surface area contributed by atoms with Gasteiger partial charge in [0.05, 0.1) is 0 Å². The van der Waals surface area contributed by atoms with Crippen molar-refractivity contribution in [1.82, 2.24) is 0 Å². The molecule has 0 aliphatic carbocycles. The largest absolute Gasteiger partial charge is 0.488 e. The Balaban J connectivity index is 2.60. The first-order valence-electron chi connectivity index (χ1n) is 6.02. The molecule has 88 valence electrons. The summed E-state index contributed by atoms with van der Waals surface area (Å²) in [6.07, 6.45) is 1.06. The third-order valence-electron chi connectivity index (χ3n) is 3.58. The van der Waals surface area contributed by atoms with Crippen molar-refractivity contribution in [3.63, 3.8) is 0 Å². The van der Waals surface area contributed by atoms with Crippen molar-refractivity contribution in [2.45, 2.75) is 59.0 Å². The van der Waals surface area contributed by atoms with Crippen molar-refractivity contribution in [2.75, 3.05) is 0 Å². The molecule has 16 heavy (non-hydrogen) atoms. The average molecular weight is 218 g/mol. The van der Waals surface area contributed by atoms with E-state index in [4.69, 9.17) is 4.74 Å². The van der Waals surface area contributed by atoms with Crippen LogP contribution in [0.4, 0.5) is 0 Å². The summed E-state index contributed by atoms with van der Waals surface area (Å²) in [5.41, 5.74) is 4.17. The van der Waals surface area contributed by atoms with Gasteiger partial charge in [0, 0.05) is 5.56 Å². The predicted octanol–water partition coefficient (Wildman–Crippen LogP) is 4.14. The van der Waals surface area contributed by atoms with E-state index in [9.17, 15) is 0 Å². The van der Waals surface area contributed by atoms with Gasteiger partial charge in [-0.25, -0.2) is 0 Å². The molecule has 0 spiro atoms. The Morgan fingerprint density at radius 3 is 2.19 bits per heavy atom. The molecular formula is C15H22O. The van der Waals surface area contributed by atoms with Gasteiger partial charge >= 0.3 is 0 Å². The third-order valence-corrected chi connectivity index (χ3v) is 3.58. The van der Waals surface area contributed by atoms with Crippen molar-refractivity contribution in [3.05, 3.63) is 28.8 Å². The highest BCUT2D eigenvalue weighted by atomic mass is 16.5. The molecule has 1 aliphatic rings. The van der Waals surface area contributed by atoms with Gasteiger partial charge in [-0.05, 0) is 56.7 Å². The van der Waals surface area contributed by atoms with E-state index in [0.29, 0.717) is 0 Å². The van der Waals surface area contributed by atoms with Crippen molar-refractivity contribution >= 4 is 0 Å². The van der Waals surface area contributed by atoms with Gasteiger partial charge in [-0.3, -0.25) is 0 Å². The Kier molecular flexibility index (Phi) is 2.34. The number of aryl methyl sites for hydroxylation is 2. The van der Waals surface area contributed by atoms with Crippen molar-refractivity contribution in [2.24, 2.45) is 0 Å². The highest BCUT2D eigenvalue weighted by Crippen LogP contribution is 2.45. The van der Waals surface area contributed by atoms with Crippen molar-refractivity contribution in [3.8, 4) is 5.75 Å². The molecule has 0 atom stereocenters. The molecule has 0 fully saturated rings. The lowest BCUT2D eigenvalue weighted by molar-refractivity contribution is 0.0533. The van der Waals surface area contributed by atoms with Crippen molar-refractivity contribution < 1.29 is 4.74 Å². The molecule has 1 aliphatic heterocycles. The zero-order chi connectivity index (χ0) is 12.1. The van der Waals surface area contributed by atoms with Gasteiger partial charge in [0.1, 0.15) is 11.4 Å². The van der Waals surface area contributed by atoms with E-state index < -0.39 is 0 Å². The fourth-order valence-electron chi connectivity index (χ4n) is 2.90. The van der Waals surface area contributed by atoms with Crippen LogP contribution in [0.15, 0.2) is 12.1 Å². The van der Waals surface area contributed by atoms with Crippen LogP contribution in [0.2, 0.25) is 0 Å². The fourth-order valence-corrected chi connectivity index (χ4v) is 2.90. The van der Waals surface area contributed by atoms with E-state index in [1.54, 1.807) is 0 Å². The fraction of sp³-hybridized carbons (Fsp3) is 0.600. The summed E-state index contributed by atoms with van der Waals surface area (Å²) in [7, 11) is 0. The molecule has 1 heterocycles. The molecule has 1 aromatic carbocycles. The van der Waals surface area contributed by atoms with Crippen molar-refractivity contribution in [1.29, 1.82) is 0 Å². The highest BCUT2D eigenvalue weighted by Gasteiger charge is 2.38. The summed E-state index contributed by atoms with van der Waals surface area (Å²) in [5, 5.41) is 0. The van der Waals surface area contributed by atoms with Gasteiger partial charge in [0.15, 0.2) is 0 Å². The van der Waals surface area contributed by atoms with Gasteiger partial charge < -0.3 is 4.74 Å². The lowest BCUT2D eigenvalue weighted by atomic mass is 9.73. The maximum atomic E-state index is 6.09. The number of rotatable bonds is 0. The van der Waals surface area contributed by atoms with Gasteiger partial charge in [0.25, 0.3) is 0 Å². The normalized spacial score (nSPS) is 21.1. The maximum absolute atomic E-state index is 6.09. The number of benzene rings is 1. The Labute approximate surface area is 98.8 Å². The van der Waals surface area contributed by atoms with E-state index in [1.165, 1.54) is 16.7 Å². The molecule has 0 N–H and O–H groups in total. The standard InChI is InChI=1S/C15H22O/c1-10-7-12-13(8-11(10)2)16-15(5,6)9-14(12,3)4/h7-8H,9H2,1-6H3. The molecule has 0 bridgehead atoms. The summed E-state index contributed by atoms with van der Waals surface area (Å²) in [6.45, 7) is 13.3. The molecule has 0 radical (unpaired) electrons. The van der Waals surface area contributed by atoms with E-state index in [-0.39, 0.29) is 11.0 Å². The van der Waals surface area contributed by atoms with E-state index in [1.807, 2.05) is 0 Å². The molecule has 1 aromatic rings. The van der Waals surface area contributed by atoms with Gasteiger partial charge in [-0.1, -0.05) is 19.9 Å². The van der Waals surface area contributed by atoms with Gasteiger partial charge in [-0.15, -0.1) is 0 Å². The van der Waals surface area contributed by atoms with Crippen LogP contribution in [0.3, 0.4) is 0 Å². The molecule has 0 saturated heterocycles. The summed E-state index contributed by atoms with van der Waals surface area (Å²) >= 11 is 0. The Morgan fingerprint density at radius 2 is 1.56 bits per heavy atom. The summed E-state index contributed by atoms with van der Waals surface area (Å²) < 4.78 is 6.09. The minimum absolute atomic E-state index is 0.0573. The summed E-state index contributed by atoms with van der Waals surface area (Å²) in [4.78, 5) is 0. The zero-order valence-corrected chi connectivity index (χ0v) is 11.3. The molecule has 0 aromatic heterocycles. The van der Waals surface area contributed by atoms with Crippen LogP contribution in [0.1, 0.15) is 50.8 Å². The Morgan fingerprint density at radius 1 is 1.00 bits per heavy atom. The van der Waals surface area contributed by atoms with Gasteiger partial charge in [0.2, 0.25) is 0 Å². The molecule has 0 saturated carbocycles. The molecule has 0 unspecified atom stereocenters. The Hall–Kier alpha value is -0.980. The Bertz CT molecular complexity index is 427. The van der Waals surface area contributed by atoms with Crippen LogP contribution < -0.4 is 4.74 Å². The monoisotopic (exact) mass is 218 g/mol. The summed E-state index contributed by atoms with van der Waals surface area (Å²) in [6, 6.07) is 4.48. The van der Waals surface area contributed by atoms with E-state index >= 15 is 0 Å². The topological polar surface area (TPSA) is 9.23 Å². The zero-order valence-electron chi connectivity index (χ0n) is 11.3. The van der Waals surface area contributed by atoms with Crippen LogP contribution in [-0.4, -0.2) is 5.60 Å². The van der Waals surface area contributed by atoms with Crippen LogP contribution >= 0.6 is 0 Å². The predicted molar refractivity (Wildman–Crippen MR) is 68.3 cm³/mol. The third kappa shape index (κ3) is 1.83. The quantitative estimate of drug-likeness (QED) is 0.636. The first kappa shape index (κ1) is 11.5. The smallest absolute Gasteiger partial charge is 0.124 e. The van der Waals surface area contributed by atoms with Gasteiger partial charge in [-0.2, -0.15) is 0 Å². The molecular weight excluding hydrogens is 196 g/mol. The number of hydrogen-bond acceptors (Lipinski definition) is 1. The molecule has 2 rings (SSSR count). The highest BCUT2D eigenvalue weighted by molar-refractivity contribution is 5.47. The van der Waals surface area contributed by atoms with Crippen LogP contribution in [0, 0.1) is 13.8 Å². The minimum atomic E-state index is -0.0573. The molecule has 1 nitrogen and oxygen atoms in total. The molecule has 1 heteroatoms. The second-order valence-electron chi connectivity index (χ2n) is 6.36. The maximum Gasteiger partial charge on any atom is 0.124 e. The lowest BCUT2D eigenvalue weighted by Crippen LogP contribution is -2.41.